The first kappa shape index (κ1) is 14.2. The maximum atomic E-state index is 13.3. The summed E-state index contributed by atoms with van der Waals surface area (Å²) in [6, 6.07) is 0.0310. The Labute approximate surface area is 117 Å². The van der Waals surface area contributed by atoms with Gasteiger partial charge in [-0.1, -0.05) is 0 Å². The molecule has 2 bridgehead atoms. The molecule has 114 valence electrons. The van der Waals surface area contributed by atoms with Crippen molar-refractivity contribution in [1.29, 1.82) is 0 Å². The lowest BCUT2D eigenvalue weighted by molar-refractivity contribution is -0.140. The van der Waals surface area contributed by atoms with E-state index in [4.69, 9.17) is 0 Å². The van der Waals surface area contributed by atoms with E-state index in [-0.39, 0.29) is 18.3 Å². The van der Waals surface area contributed by atoms with Crippen molar-refractivity contribution in [2.75, 3.05) is 6.54 Å². The van der Waals surface area contributed by atoms with E-state index in [1.54, 1.807) is 0 Å². The van der Waals surface area contributed by atoms with Crippen molar-refractivity contribution in [2.24, 2.45) is 5.92 Å². The second kappa shape index (κ2) is 4.90. The number of piperidine rings is 1. The van der Waals surface area contributed by atoms with Crippen LogP contribution in [0.25, 0.3) is 0 Å². The Hall–Kier alpha value is -1.77. The number of hydrogen-bond donors (Lipinski definition) is 2. The highest BCUT2D eigenvalue weighted by Gasteiger charge is 2.40. The zero-order valence-electron chi connectivity index (χ0n) is 10.7. The van der Waals surface area contributed by atoms with Crippen LogP contribution < -0.4 is 10.6 Å². The first-order valence-electron chi connectivity index (χ1n) is 6.48. The molecule has 2 N–H and O–H groups in total. The number of amides is 1. The number of alkyl halides is 3. The standard InChI is InChI=1S/C12H12F4N4O/c13-9-6(12(14,15)16)4-18-10(20-9)11(21)19-8-2-5-1-7(8)17-3-5/h4-5,7-8,17H,1-3H2,(H,19,21). The smallest absolute Gasteiger partial charge is 0.345 e. The summed E-state index contributed by atoms with van der Waals surface area (Å²) in [5, 5.41) is 5.86. The van der Waals surface area contributed by atoms with Crippen LogP contribution in [-0.2, 0) is 6.18 Å². The number of halogens is 4. The Morgan fingerprint density at radius 2 is 2.14 bits per heavy atom. The zero-order valence-corrected chi connectivity index (χ0v) is 10.7. The Morgan fingerprint density at radius 3 is 2.67 bits per heavy atom. The quantitative estimate of drug-likeness (QED) is 0.634. The predicted molar refractivity (Wildman–Crippen MR) is 62.8 cm³/mol. The second-order valence-corrected chi connectivity index (χ2v) is 5.33. The lowest BCUT2D eigenvalue weighted by Gasteiger charge is -2.23. The summed E-state index contributed by atoms with van der Waals surface area (Å²) < 4.78 is 50.5. The molecule has 1 aromatic heterocycles. The van der Waals surface area contributed by atoms with E-state index < -0.39 is 29.4 Å². The normalized spacial score (nSPS) is 27.9. The Morgan fingerprint density at radius 1 is 1.38 bits per heavy atom. The van der Waals surface area contributed by atoms with E-state index in [2.05, 4.69) is 20.6 Å². The van der Waals surface area contributed by atoms with Crippen LogP contribution in [0.1, 0.15) is 29.0 Å². The number of nitrogens with zero attached hydrogens (tertiary/aromatic N) is 2. The molecule has 2 aliphatic rings. The number of fused-ring (bicyclic) bond motifs is 2. The molecule has 5 nitrogen and oxygen atoms in total. The molecule has 1 aliphatic carbocycles. The Kier molecular flexibility index (Phi) is 3.31. The lowest BCUT2D eigenvalue weighted by atomic mass is 10.1. The van der Waals surface area contributed by atoms with Crippen molar-refractivity contribution in [2.45, 2.75) is 31.1 Å². The van der Waals surface area contributed by atoms with Crippen LogP contribution in [0.3, 0.4) is 0 Å². The minimum atomic E-state index is -4.88. The first-order valence-corrected chi connectivity index (χ1v) is 6.48. The van der Waals surface area contributed by atoms with Crippen LogP contribution in [0.4, 0.5) is 17.6 Å². The van der Waals surface area contributed by atoms with E-state index in [0.29, 0.717) is 5.92 Å². The lowest BCUT2D eigenvalue weighted by Crippen LogP contribution is -2.48. The molecule has 2 fully saturated rings. The summed E-state index contributed by atoms with van der Waals surface area (Å²) in [7, 11) is 0. The van der Waals surface area contributed by atoms with Crippen LogP contribution in [0.15, 0.2) is 6.20 Å². The van der Waals surface area contributed by atoms with Crippen molar-refractivity contribution >= 4 is 5.91 Å². The number of aromatic nitrogens is 2. The van der Waals surface area contributed by atoms with Gasteiger partial charge in [0.15, 0.2) is 0 Å². The third kappa shape index (κ3) is 2.69. The highest BCUT2D eigenvalue weighted by Crippen LogP contribution is 2.31. The molecule has 3 atom stereocenters. The van der Waals surface area contributed by atoms with Crippen molar-refractivity contribution < 1.29 is 22.4 Å². The molecule has 1 saturated heterocycles. The molecule has 1 aliphatic heterocycles. The SMILES string of the molecule is O=C(NC1CC2CNC1C2)c1ncc(C(F)(F)F)c(F)n1. The van der Waals surface area contributed by atoms with Gasteiger partial charge < -0.3 is 10.6 Å². The van der Waals surface area contributed by atoms with Crippen molar-refractivity contribution in [1.82, 2.24) is 20.6 Å². The average Bonchev–Trinajstić information content (AvgIpc) is 2.99. The number of carbonyl (C=O) groups excluding carboxylic acids is 1. The predicted octanol–water partition coefficient (Wildman–Crippen LogP) is 1.11. The van der Waals surface area contributed by atoms with E-state index in [1.807, 2.05) is 0 Å². The molecule has 0 aromatic carbocycles. The average molecular weight is 304 g/mol. The van der Waals surface area contributed by atoms with Gasteiger partial charge in [-0.15, -0.1) is 0 Å². The molecule has 1 amide bonds. The highest BCUT2D eigenvalue weighted by atomic mass is 19.4. The van der Waals surface area contributed by atoms with Crippen molar-refractivity contribution in [3.05, 3.63) is 23.5 Å². The molecule has 0 spiro atoms. The summed E-state index contributed by atoms with van der Waals surface area (Å²) >= 11 is 0. The Balaban J connectivity index is 1.72. The van der Waals surface area contributed by atoms with Gasteiger partial charge in [-0.3, -0.25) is 4.79 Å². The van der Waals surface area contributed by atoms with Crippen LogP contribution in [-0.4, -0.2) is 34.5 Å². The zero-order chi connectivity index (χ0) is 15.2. The fourth-order valence-electron chi connectivity index (χ4n) is 2.91. The maximum absolute atomic E-state index is 13.3. The minimum Gasteiger partial charge on any atom is -0.345 e. The molecule has 21 heavy (non-hydrogen) atoms. The fraction of sp³-hybridized carbons (Fsp3) is 0.583. The molecule has 1 aromatic rings. The largest absolute Gasteiger partial charge is 0.422 e. The molecule has 9 heteroatoms. The number of hydrogen-bond acceptors (Lipinski definition) is 4. The first-order chi connectivity index (χ1) is 9.84. The summed E-state index contributed by atoms with van der Waals surface area (Å²) in [5.41, 5.74) is -1.58. The maximum Gasteiger partial charge on any atom is 0.422 e. The fourth-order valence-corrected chi connectivity index (χ4v) is 2.91. The molecular weight excluding hydrogens is 292 g/mol. The molecule has 2 heterocycles. The summed E-state index contributed by atoms with van der Waals surface area (Å²) in [5.74, 6) is -2.61. The minimum absolute atomic E-state index is 0.120. The number of carbonyl (C=O) groups is 1. The van der Waals surface area contributed by atoms with Crippen molar-refractivity contribution in [3.8, 4) is 0 Å². The molecule has 3 unspecified atom stereocenters. The molecule has 1 saturated carbocycles. The Bertz CT molecular complexity index is 577. The third-order valence-corrected chi connectivity index (χ3v) is 3.90. The third-order valence-electron chi connectivity index (χ3n) is 3.90. The van der Waals surface area contributed by atoms with Gasteiger partial charge in [0.1, 0.15) is 5.56 Å². The number of nitrogens with one attached hydrogen (secondary N) is 2. The van der Waals surface area contributed by atoms with Gasteiger partial charge in [-0.2, -0.15) is 22.5 Å². The number of rotatable bonds is 2. The van der Waals surface area contributed by atoms with Gasteiger partial charge in [-0.05, 0) is 25.3 Å². The van der Waals surface area contributed by atoms with Crippen molar-refractivity contribution in [3.63, 3.8) is 0 Å². The van der Waals surface area contributed by atoms with Crippen LogP contribution in [0.5, 0.6) is 0 Å². The van der Waals surface area contributed by atoms with Gasteiger partial charge in [0.05, 0.1) is 0 Å². The summed E-state index contributed by atoms with van der Waals surface area (Å²) in [4.78, 5) is 18.2. The second-order valence-electron chi connectivity index (χ2n) is 5.33. The molecule has 0 radical (unpaired) electrons. The van der Waals surface area contributed by atoms with Crippen LogP contribution in [0, 0.1) is 11.9 Å². The van der Waals surface area contributed by atoms with Crippen LogP contribution in [0.2, 0.25) is 0 Å². The van der Waals surface area contributed by atoms with Gasteiger partial charge in [0.25, 0.3) is 5.91 Å². The van der Waals surface area contributed by atoms with Gasteiger partial charge in [-0.25, -0.2) is 4.98 Å². The van der Waals surface area contributed by atoms with E-state index in [1.165, 1.54) is 0 Å². The van der Waals surface area contributed by atoms with Gasteiger partial charge in [0, 0.05) is 18.3 Å². The van der Waals surface area contributed by atoms with E-state index in [9.17, 15) is 22.4 Å². The molecule has 3 rings (SSSR count). The molecular formula is C12H12F4N4O. The van der Waals surface area contributed by atoms with Gasteiger partial charge >= 0.3 is 6.18 Å². The highest BCUT2D eigenvalue weighted by molar-refractivity contribution is 5.90. The van der Waals surface area contributed by atoms with Crippen LogP contribution >= 0.6 is 0 Å². The van der Waals surface area contributed by atoms with Gasteiger partial charge in [0.2, 0.25) is 11.8 Å². The topological polar surface area (TPSA) is 66.9 Å². The van der Waals surface area contributed by atoms with E-state index in [0.717, 1.165) is 19.4 Å². The summed E-state index contributed by atoms with van der Waals surface area (Å²) in [6.07, 6.45) is -2.84. The monoisotopic (exact) mass is 304 g/mol. The van der Waals surface area contributed by atoms with E-state index >= 15 is 0 Å². The summed E-state index contributed by atoms with van der Waals surface area (Å²) in [6.45, 7) is 0.905.